The zero-order chi connectivity index (χ0) is 14.6. The zero-order valence-electron chi connectivity index (χ0n) is 10.3. The third kappa shape index (κ3) is 4.54. The molecule has 1 heterocycles. The smallest absolute Gasteiger partial charge is 0.406 e. The number of hydrogen-bond donors (Lipinski definition) is 1. The fourth-order valence-corrected chi connectivity index (χ4v) is 2.00. The van der Waals surface area contributed by atoms with Gasteiger partial charge in [0.05, 0.1) is 11.9 Å². The lowest BCUT2D eigenvalue weighted by Crippen LogP contribution is -2.17. The lowest BCUT2D eigenvalue weighted by molar-refractivity contribution is -0.274. The predicted molar refractivity (Wildman–Crippen MR) is 71.2 cm³/mol. The average Bonchev–Trinajstić information content (AvgIpc) is 2.73. The van der Waals surface area contributed by atoms with Gasteiger partial charge in [-0.05, 0) is 24.6 Å². The Kier molecular flexibility index (Phi) is 4.23. The molecule has 1 aromatic heterocycles. The van der Waals surface area contributed by atoms with Crippen molar-refractivity contribution in [2.45, 2.75) is 13.3 Å². The van der Waals surface area contributed by atoms with Crippen molar-refractivity contribution in [2.75, 3.05) is 5.43 Å². The first kappa shape index (κ1) is 14.3. The molecule has 1 aromatic carbocycles. The van der Waals surface area contributed by atoms with Crippen molar-refractivity contribution in [3.63, 3.8) is 0 Å². The number of aryl methyl sites for hydroxylation is 1. The van der Waals surface area contributed by atoms with Gasteiger partial charge in [0.2, 0.25) is 5.13 Å². The Morgan fingerprint density at radius 3 is 2.85 bits per heavy atom. The molecular formula is C12H10F3N3OS. The SMILES string of the molecule is Cc1csc(NN=Cc2cccc(OC(F)(F)F)c2)n1. The molecule has 2 rings (SSSR count). The highest BCUT2D eigenvalue weighted by Crippen LogP contribution is 2.22. The van der Waals surface area contributed by atoms with Gasteiger partial charge < -0.3 is 4.74 Å². The minimum atomic E-state index is -4.70. The average molecular weight is 301 g/mol. The molecule has 0 bridgehead atoms. The van der Waals surface area contributed by atoms with Crippen molar-refractivity contribution in [1.29, 1.82) is 0 Å². The van der Waals surface area contributed by atoms with E-state index in [0.717, 1.165) is 5.69 Å². The summed E-state index contributed by atoms with van der Waals surface area (Å²) in [5, 5.41) is 6.37. The fraction of sp³-hybridized carbons (Fsp3) is 0.167. The van der Waals surface area contributed by atoms with E-state index in [1.165, 1.54) is 35.8 Å². The summed E-state index contributed by atoms with van der Waals surface area (Å²) in [6.07, 6.45) is -3.31. The van der Waals surface area contributed by atoms with Crippen LogP contribution in [-0.4, -0.2) is 17.6 Å². The van der Waals surface area contributed by atoms with Crippen molar-refractivity contribution in [1.82, 2.24) is 4.98 Å². The number of nitrogens with zero attached hydrogens (tertiary/aromatic N) is 2. The van der Waals surface area contributed by atoms with Gasteiger partial charge >= 0.3 is 6.36 Å². The van der Waals surface area contributed by atoms with Crippen LogP contribution >= 0.6 is 11.3 Å². The van der Waals surface area contributed by atoms with Crippen LogP contribution in [-0.2, 0) is 0 Å². The maximum atomic E-state index is 12.1. The quantitative estimate of drug-likeness (QED) is 0.690. The number of rotatable bonds is 4. The van der Waals surface area contributed by atoms with Gasteiger partial charge in [0, 0.05) is 5.38 Å². The van der Waals surface area contributed by atoms with E-state index in [9.17, 15) is 13.2 Å². The minimum Gasteiger partial charge on any atom is -0.406 e. The number of ether oxygens (including phenoxy) is 1. The molecule has 106 valence electrons. The molecule has 2 aromatic rings. The van der Waals surface area contributed by atoms with E-state index >= 15 is 0 Å². The molecule has 0 saturated carbocycles. The van der Waals surface area contributed by atoms with Crippen LogP contribution in [0.15, 0.2) is 34.7 Å². The van der Waals surface area contributed by atoms with Gasteiger partial charge in [-0.2, -0.15) is 5.10 Å². The van der Waals surface area contributed by atoms with Crippen molar-refractivity contribution < 1.29 is 17.9 Å². The highest BCUT2D eigenvalue weighted by molar-refractivity contribution is 7.13. The first-order valence-corrected chi connectivity index (χ1v) is 6.37. The number of thiazole rings is 1. The molecule has 0 radical (unpaired) electrons. The van der Waals surface area contributed by atoms with Gasteiger partial charge in [-0.25, -0.2) is 4.98 Å². The third-order valence-corrected chi connectivity index (χ3v) is 2.95. The normalized spacial score (nSPS) is 11.8. The third-order valence-electron chi connectivity index (χ3n) is 2.08. The largest absolute Gasteiger partial charge is 0.573 e. The Morgan fingerprint density at radius 2 is 2.20 bits per heavy atom. The number of benzene rings is 1. The van der Waals surface area contributed by atoms with Crippen molar-refractivity contribution in [3.8, 4) is 5.75 Å². The van der Waals surface area contributed by atoms with Gasteiger partial charge in [-0.1, -0.05) is 12.1 Å². The second-order valence-electron chi connectivity index (χ2n) is 3.78. The van der Waals surface area contributed by atoms with Gasteiger partial charge in [0.1, 0.15) is 5.75 Å². The summed E-state index contributed by atoms with van der Waals surface area (Å²) in [6, 6.07) is 5.53. The maximum Gasteiger partial charge on any atom is 0.573 e. The van der Waals surface area contributed by atoms with E-state index < -0.39 is 6.36 Å². The molecule has 0 spiro atoms. The van der Waals surface area contributed by atoms with Crippen LogP contribution in [0.4, 0.5) is 18.3 Å². The second-order valence-corrected chi connectivity index (χ2v) is 4.64. The highest BCUT2D eigenvalue weighted by atomic mass is 32.1. The summed E-state index contributed by atoms with van der Waals surface area (Å²) >= 11 is 1.39. The first-order chi connectivity index (χ1) is 9.42. The van der Waals surface area contributed by atoms with Crippen LogP contribution < -0.4 is 10.2 Å². The molecule has 0 unspecified atom stereocenters. The summed E-state index contributed by atoms with van der Waals surface area (Å²) < 4.78 is 40.0. The molecule has 0 atom stereocenters. The van der Waals surface area contributed by atoms with Crippen molar-refractivity contribution >= 4 is 22.7 Å². The number of alkyl halides is 3. The molecule has 0 amide bonds. The number of aromatic nitrogens is 1. The molecular weight excluding hydrogens is 291 g/mol. The van der Waals surface area contributed by atoms with E-state index in [4.69, 9.17) is 0 Å². The van der Waals surface area contributed by atoms with Crippen LogP contribution in [0.2, 0.25) is 0 Å². The van der Waals surface area contributed by atoms with Crippen molar-refractivity contribution in [3.05, 3.63) is 40.9 Å². The number of nitrogens with one attached hydrogen (secondary N) is 1. The Bertz CT molecular complexity index is 610. The van der Waals surface area contributed by atoms with Crippen LogP contribution in [0.5, 0.6) is 5.75 Å². The standard InChI is InChI=1S/C12H10F3N3OS/c1-8-7-20-11(17-8)18-16-6-9-3-2-4-10(5-9)19-12(13,14)15/h2-7H,1H3,(H,17,18). The van der Waals surface area contributed by atoms with Gasteiger partial charge in [0.25, 0.3) is 0 Å². The van der Waals surface area contributed by atoms with Crippen LogP contribution in [0, 0.1) is 6.92 Å². The molecule has 4 nitrogen and oxygen atoms in total. The number of halogens is 3. The Balaban J connectivity index is 2.00. The number of anilines is 1. The number of hydrazone groups is 1. The van der Waals surface area contributed by atoms with Crippen LogP contribution in [0.3, 0.4) is 0 Å². The minimum absolute atomic E-state index is 0.286. The van der Waals surface area contributed by atoms with Crippen molar-refractivity contribution in [2.24, 2.45) is 5.10 Å². The molecule has 0 aliphatic rings. The van der Waals surface area contributed by atoms with E-state index in [-0.39, 0.29) is 5.75 Å². The molecule has 1 N–H and O–H groups in total. The first-order valence-electron chi connectivity index (χ1n) is 5.49. The van der Waals surface area contributed by atoms with Gasteiger partial charge in [-0.15, -0.1) is 24.5 Å². The summed E-state index contributed by atoms with van der Waals surface area (Å²) in [5.74, 6) is -0.286. The topological polar surface area (TPSA) is 46.5 Å². The second kappa shape index (κ2) is 5.91. The maximum absolute atomic E-state index is 12.1. The Morgan fingerprint density at radius 1 is 1.40 bits per heavy atom. The number of hydrogen-bond acceptors (Lipinski definition) is 5. The highest BCUT2D eigenvalue weighted by Gasteiger charge is 2.30. The lowest BCUT2D eigenvalue weighted by atomic mass is 10.2. The van der Waals surface area contributed by atoms with Gasteiger partial charge in [0.15, 0.2) is 0 Å². The summed E-state index contributed by atoms with van der Waals surface area (Å²) in [4.78, 5) is 4.13. The summed E-state index contributed by atoms with van der Waals surface area (Å²) in [7, 11) is 0. The Labute approximate surface area is 116 Å². The monoisotopic (exact) mass is 301 g/mol. The Hall–Kier alpha value is -2.09. The molecule has 0 fully saturated rings. The molecule has 0 aliphatic carbocycles. The summed E-state index contributed by atoms with van der Waals surface area (Å²) in [6.45, 7) is 1.85. The molecule has 0 saturated heterocycles. The fourth-order valence-electron chi connectivity index (χ4n) is 1.36. The zero-order valence-corrected chi connectivity index (χ0v) is 11.1. The molecule has 8 heteroatoms. The lowest BCUT2D eigenvalue weighted by Gasteiger charge is -2.08. The predicted octanol–water partition coefficient (Wildman–Crippen LogP) is 3.80. The van der Waals surface area contributed by atoms with Crippen LogP contribution in [0.1, 0.15) is 11.3 Å². The molecule has 20 heavy (non-hydrogen) atoms. The van der Waals surface area contributed by atoms with Crippen LogP contribution in [0.25, 0.3) is 0 Å². The van der Waals surface area contributed by atoms with Gasteiger partial charge in [-0.3, -0.25) is 5.43 Å². The summed E-state index contributed by atoms with van der Waals surface area (Å²) in [5.41, 5.74) is 4.04. The van der Waals surface area contributed by atoms with E-state index in [1.807, 2.05) is 12.3 Å². The van der Waals surface area contributed by atoms with E-state index in [1.54, 1.807) is 6.07 Å². The van der Waals surface area contributed by atoms with E-state index in [0.29, 0.717) is 10.7 Å². The van der Waals surface area contributed by atoms with E-state index in [2.05, 4.69) is 20.2 Å². The molecule has 0 aliphatic heterocycles.